The first-order valence-corrected chi connectivity index (χ1v) is 12.7. The summed E-state index contributed by atoms with van der Waals surface area (Å²) < 4.78 is 34.3. The van der Waals surface area contributed by atoms with Gasteiger partial charge in [0.25, 0.3) is 0 Å². The van der Waals surface area contributed by atoms with Gasteiger partial charge in [-0.2, -0.15) is 5.10 Å². The number of ether oxygens (including phenoxy) is 1. The number of aliphatic hydroxyl groups is 1. The van der Waals surface area contributed by atoms with E-state index in [1.807, 2.05) is 30.3 Å². The summed E-state index contributed by atoms with van der Waals surface area (Å²) in [4.78, 5) is 15.4. The van der Waals surface area contributed by atoms with Crippen LogP contribution in [0.5, 0.6) is 0 Å². The highest BCUT2D eigenvalue weighted by Gasteiger charge is 2.35. The van der Waals surface area contributed by atoms with Gasteiger partial charge >= 0.3 is 6.03 Å². The molecule has 2 amide bonds. The predicted octanol–water partition coefficient (Wildman–Crippen LogP) is 4.35. The molecule has 0 aliphatic carbocycles. The van der Waals surface area contributed by atoms with Crippen LogP contribution in [0.1, 0.15) is 31.0 Å². The molecule has 1 aliphatic heterocycles. The van der Waals surface area contributed by atoms with Gasteiger partial charge in [0.2, 0.25) is 0 Å². The molecular formula is C27H32ClF2N5O3. The minimum atomic E-state index is -1.06. The lowest BCUT2D eigenvalue weighted by atomic mass is 9.94. The van der Waals surface area contributed by atoms with Gasteiger partial charge < -0.3 is 15.2 Å². The number of aromatic nitrogens is 2. The lowest BCUT2D eigenvalue weighted by molar-refractivity contribution is 0.0798. The van der Waals surface area contributed by atoms with Crippen LogP contribution in [-0.4, -0.2) is 70.8 Å². The molecule has 0 bridgehead atoms. The van der Waals surface area contributed by atoms with Crippen LogP contribution in [0.4, 0.5) is 19.4 Å². The van der Waals surface area contributed by atoms with E-state index in [-0.39, 0.29) is 29.2 Å². The first kappa shape index (κ1) is 28.0. The van der Waals surface area contributed by atoms with Gasteiger partial charge in [-0.25, -0.2) is 18.3 Å². The Labute approximate surface area is 225 Å². The number of halogens is 3. The molecule has 0 radical (unpaired) electrons. The molecular weight excluding hydrogens is 516 g/mol. The summed E-state index contributed by atoms with van der Waals surface area (Å²) in [5.74, 6) is -1.86. The van der Waals surface area contributed by atoms with E-state index in [0.29, 0.717) is 43.2 Å². The highest BCUT2D eigenvalue weighted by atomic mass is 35.5. The molecule has 2 atom stereocenters. The number of hydrogen-bond acceptors (Lipinski definition) is 5. The third-order valence-corrected chi connectivity index (χ3v) is 6.82. The molecule has 38 heavy (non-hydrogen) atoms. The average Bonchev–Trinajstić information content (AvgIpc) is 3.40. The maximum atomic E-state index is 14.0. The number of para-hydroxylation sites is 1. The molecule has 1 fully saturated rings. The fourth-order valence-electron chi connectivity index (χ4n) is 4.66. The Morgan fingerprint density at radius 1 is 1.18 bits per heavy atom. The van der Waals surface area contributed by atoms with E-state index >= 15 is 0 Å². The first-order valence-electron chi connectivity index (χ1n) is 12.3. The van der Waals surface area contributed by atoms with Gasteiger partial charge in [-0.05, 0) is 43.7 Å². The van der Waals surface area contributed by atoms with Gasteiger partial charge in [0.15, 0.2) is 17.5 Å². The number of nitrogens with zero attached hydrogens (tertiary/aromatic N) is 3. The molecule has 1 aliphatic rings. The van der Waals surface area contributed by atoms with E-state index < -0.39 is 23.3 Å². The van der Waals surface area contributed by atoms with Crippen molar-refractivity contribution in [2.75, 3.05) is 38.7 Å². The Morgan fingerprint density at radius 3 is 2.58 bits per heavy atom. The summed E-state index contributed by atoms with van der Waals surface area (Å²) in [6.07, 6.45) is 0.178. The summed E-state index contributed by atoms with van der Waals surface area (Å²) >= 11 is 6.65. The minimum Gasteiger partial charge on any atom is -0.390 e. The maximum absolute atomic E-state index is 14.0. The summed E-state index contributed by atoms with van der Waals surface area (Å²) in [6, 6.07) is 12.1. The Bertz CT molecular complexity index is 1270. The molecule has 204 valence electrons. The maximum Gasteiger partial charge on any atom is 0.320 e. The fraction of sp³-hybridized carbons (Fsp3) is 0.407. The number of hydrogen-bond donors (Lipinski definition) is 3. The monoisotopic (exact) mass is 547 g/mol. The SMILES string of the molecule is COCCN1CC(NC(=O)Nc2c(Cl)c(CC(C)(C)O)nn2-c2ccccc2)C(c2ccc(F)c(F)c2)C1. The number of benzene rings is 2. The van der Waals surface area contributed by atoms with E-state index in [1.54, 1.807) is 27.0 Å². The molecule has 1 aromatic heterocycles. The van der Waals surface area contributed by atoms with E-state index in [9.17, 15) is 18.7 Å². The molecule has 2 aromatic carbocycles. The minimum absolute atomic E-state index is 0.178. The highest BCUT2D eigenvalue weighted by molar-refractivity contribution is 6.34. The normalized spacial score (nSPS) is 18.1. The second-order valence-corrected chi connectivity index (χ2v) is 10.5. The van der Waals surface area contributed by atoms with Gasteiger partial charge in [-0.15, -0.1) is 0 Å². The zero-order valence-electron chi connectivity index (χ0n) is 21.5. The molecule has 1 saturated heterocycles. The molecule has 2 unspecified atom stereocenters. The second-order valence-electron chi connectivity index (χ2n) is 10.1. The van der Waals surface area contributed by atoms with E-state index in [0.717, 1.165) is 6.07 Å². The van der Waals surface area contributed by atoms with Crippen LogP contribution in [0, 0.1) is 11.6 Å². The molecule has 0 saturated carbocycles. The van der Waals surface area contributed by atoms with Crippen molar-refractivity contribution < 1.29 is 23.4 Å². The lowest BCUT2D eigenvalue weighted by Gasteiger charge is -2.21. The number of urea groups is 1. The summed E-state index contributed by atoms with van der Waals surface area (Å²) in [6.45, 7) is 5.47. The molecule has 11 heteroatoms. The first-order chi connectivity index (χ1) is 18.1. The molecule has 4 rings (SSSR count). The Balaban J connectivity index is 1.59. The van der Waals surface area contributed by atoms with Gasteiger partial charge in [0.05, 0.1) is 29.6 Å². The molecule has 3 aromatic rings. The number of rotatable bonds is 9. The number of amides is 2. The quantitative estimate of drug-likeness (QED) is 0.370. The molecule has 8 nitrogen and oxygen atoms in total. The van der Waals surface area contributed by atoms with Gasteiger partial charge in [-0.3, -0.25) is 10.2 Å². The summed E-state index contributed by atoms with van der Waals surface area (Å²) in [7, 11) is 1.61. The van der Waals surface area contributed by atoms with Crippen molar-refractivity contribution in [3.63, 3.8) is 0 Å². The van der Waals surface area contributed by atoms with Crippen LogP contribution in [0.15, 0.2) is 48.5 Å². The van der Waals surface area contributed by atoms with Crippen LogP contribution >= 0.6 is 11.6 Å². The Hall–Kier alpha value is -3.05. The average molecular weight is 548 g/mol. The number of methoxy groups -OCH3 is 1. The topological polar surface area (TPSA) is 91.7 Å². The fourth-order valence-corrected chi connectivity index (χ4v) is 4.89. The number of carbonyl (C=O) groups excluding carboxylic acids is 1. The lowest BCUT2D eigenvalue weighted by Crippen LogP contribution is -2.42. The van der Waals surface area contributed by atoms with Gasteiger partial charge in [0.1, 0.15) is 5.02 Å². The van der Waals surface area contributed by atoms with Crippen LogP contribution in [0.3, 0.4) is 0 Å². The van der Waals surface area contributed by atoms with Crippen molar-refractivity contribution in [3.8, 4) is 5.69 Å². The Morgan fingerprint density at radius 2 is 1.92 bits per heavy atom. The third kappa shape index (κ3) is 6.68. The van der Waals surface area contributed by atoms with Gasteiger partial charge in [0, 0.05) is 39.1 Å². The van der Waals surface area contributed by atoms with Crippen LogP contribution in [0.25, 0.3) is 5.69 Å². The van der Waals surface area contributed by atoms with Crippen molar-refractivity contribution in [1.29, 1.82) is 0 Å². The van der Waals surface area contributed by atoms with Crippen molar-refractivity contribution in [2.24, 2.45) is 0 Å². The zero-order valence-corrected chi connectivity index (χ0v) is 22.3. The zero-order chi connectivity index (χ0) is 27.4. The van der Waals surface area contributed by atoms with Crippen LogP contribution < -0.4 is 10.6 Å². The Kier molecular flexibility index (Phi) is 8.67. The standard InChI is InChI=1S/C27H32ClF2N5O3/c1-27(2,37)14-22-24(28)25(35(33-22)18-7-5-4-6-8-18)32-26(36)31-23-16-34(11-12-38-3)15-19(23)17-9-10-20(29)21(30)13-17/h4-10,13,19,23,37H,11-12,14-16H2,1-3H3,(H2,31,32,36). The summed E-state index contributed by atoms with van der Waals surface area (Å²) in [5, 5.41) is 20.9. The number of nitrogens with one attached hydrogen (secondary N) is 2. The van der Waals surface area contributed by atoms with Crippen molar-refractivity contribution in [2.45, 2.75) is 37.8 Å². The second kappa shape index (κ2) is 11.8. The number of likely N-dealkylation sites (tertiary alicyclic amines) is 1. The van der Waals surface area contributed by atoms with E-state index in [2.05, 4.69) is 20.6 Å². The third-order valence-electron chi connectivity index (χ3n) is 6.42. The predicted molar refractivity (Wildman–Crippen MR) is 142 cm³/mol. The molecule has 0 spiro atoms. The van der Waals surface area contributed by atoms with Crippen LogP contribution in [-0.2, 0) is 11.2 Å². The number of anilines is 1. The van der Waals surface area contributed by atoms with Crippen LogP contribution in [0.2, 0.25) is 5.02 Å². The summed E-state index contributed by atoms with van der Waals surface area (Å²) in [5.41, 5.74) is 0.642. The smallest absolute Gasteiger partial charge is 0.320 e. The largest absolute Gasteiger partial charge is 0.390 e. The number of carbonyl (C=O) groups is 1. The van der Waals surface area contributed by atoms with Crippen molar-refractivity contribution >= 4 is 23.4 Å². The molecule has 3 N–H and O–H groups in total. The van der Waals surface area contributed by atoms with Crippen molar-refractivity contribution in [3.05, 3.63) is 76.4 Å². The van der Waals surface area contributed by atoms with E-state index in [1.165, 1.54) is 10.7 Å². The highest BCUT2D eigenvalue weighted by Crippen LogP contribution is 2.32. The van der Waals surface area contributed by atoms with Gasteiger partial charge in [-0.1, -0.05) is 35.9 Å². The van der Waals surface area contributed by atoms with E-state index in [4.69, 9.17) is 16.3 Å². The van der Waals surface area contributed by atoms with Crippen molar-refractivity contribution in [1.82, 2.24) is 20.0 Å². The molecule has 2 heterocycles.